The molecule has 174 valence electrons. The number of rotatable bonds is 4. The van der Waals surface area contributed by atoms with Crippen LogP contribution in [0.1, 0.15) is 90.7 Å². The summed E-state index contributed by atoms with van der Waals surface area (Å²) in [5, 5.41) is 0. The predicted octanol–water partition coefficient (Wildman–Crippen LogP) is 3.72. The second-order valence-electron chi connectivity index (χ2n) is 9.71. The van der Waals surface area contributed by atoms with Crippen LogP contribution in [0.4, 0.5) is 5.82 Å². The molecule has 8 nitrogen and oxygen atoms in total. The zero-order valence-electron chi connectivity index (χ0n) is 19.6. The largest absolute Gasteiger partial charge is 0.327 e. The molecule has 0 radical (unpaired) electrons. The minimum atomic E-state index is -0.217. The van der Waals surface area contributed by atoms with E-state index in [0.717, 1.165) is 48.6 Å². The molecule has 0 N–H and O–H groups in total. The lowest BCUT2D eigenvalue weighted by Gasteiger charge is -2.35. The van der Waals surface area contributed by atoms with Gasteiger partial charge in [-0.2, -0.15) is 0 Å². The van der Waals surface area contributed by atoms with Crippen molar-refractivity contribution < 1.29 is 9.59 Å². The molecular weight excluding hydrogens is 416 g/mol. The molecule has 1 saturated heterocycles. The van der Waals surface area contributed by atoms with Crippen LogP contribution >= 0.6 is 0 Å². The van der Waals surface area contributed by atoms with Crippen molar-refractivity contribution >= 4 is 17.6 Å². The first-order chi connectivity index (χ1) is 16.0. The topological polar surface area (TPSA) is 92.2 Å². The Morgan fingerprint density at radius 3 is 2.55 bits per heavy atom. The van der Waals surface area contributed by atoms with E-state index < -0.39 is 0 Å². The fraction of sp³-hybridized carbons (Fsp3) is 0.600. The molecule has 4 heterocycles. The number of hydrogen-bond donors (Lipinski definition) is 0. The summed E-state index contributed by atoms with van der Waals surface area (Å²) < 4.78 is 0. The normalized spacial score (nSPS) is 21.4. The van der Waals surface area contributed by atoms with Crippen LogP contribution in [0.2, 0.25) is 0 Å². The summed E-state index contributed by atoms with van der Waals surface area (Å²) in [5.41, 5.74) is 2.92. The van der Waals surface area contributed by atoms with Crippen LogP contribution in [-0.2, 0) is 11.2 Å². The van der Waals surface area contributed by atoms with Gasteiger partial charge in [0.25, 0.3) is 5.91 Å². The van der Waals surface area contributed by atoms with E-state index >= 15 is 0 Å². The number of aromatic nitrogens is 4. The van der Waals surface area contributed by atoms with Gasteiger partial charge in [0.05, 0.1) is 24.4 Å². The van der Waals surface area contributed by atoms with Crippen molar-refractivity contribution in [3.63, 3.8) is 0 Å². The average molecular weight is 449 g/mol. The standard InChI is InChI=1S/C25H32N6O2/c1-16-13-27-20(14-26-16)25(33)30-11-7-6-10-21(30)23-28-17(2)19-12-22(32)31(24(19)29-23)15-18-8-4-3-5-9-18/h13-14,18,21H,3-12,15H2,1-2H3/t21-/m0/s1. The second kappa shape index (κ2) is 9.15. The van der Waals surface area contributed by atoms with E-state index in [4.69, 9.17) is 9.97 Å². The first-order valence-corrected chi connectivity index (χ1v) is 12.3. The van der Waals surface area contributed by atoms with Gasteiger partial charge >= 0.3 is 0 Å². The number of piperidine rings is 1. The summed E-state index contributed by atoms with van der Waals surface area (Å²) in [6, 6.07) is -0.217. The Morgan fingerprint density at radius 2 is 1.79 bits per heavy atom. The molecule has 5 rings (SSSR count). The first-order valence-electron chi connectivity index (χ1n) is 12.3. The SMILES string of the molecule is Cc1cnc(C(=O)N2CCCC[C@H]2c2nc(C)c3c(n2)N(CC2CCCCC2)C(=O)C3)cn1. The average Bonchev–Trinajstić information content (AvgIpc) is 3.15. The first kappa shape index (κ1) is 21.9. The maximum absolute atomic E-state index is 13.3. The molecule has 0 aromatic carbocycles. The number of likely N-dealkylation sites (tertiary alicyclic amines) is 1. The molecule has 0 bridgehead atoms. The Hall–Kier alpha value is -2.90. The highest BCUT2D eigenvalue weighted by atomic mass is 16.2. The van der Waals surface area contributed by atoms with Gasteiger partial charge in [-0.15, -0.1) is 0 Å². The molecule has 0 spiro atoms. The van der Waals surface area contributed by atoms with Crippen molar-refractivity contribution in [3.8, 4) is 0 Å². The van der Waals surface area contributed by atoms with E-state index in [0.29, 0.717) is 30.4 Å². The van der Waals surface area contributed by atoms with Crippen LogP contribution in [0.25, 0.3) is 0 Å². The van der Waals surface area contributed by atoms with E-state index in [1.165, 1.54) is 32.1 Å². The van der Waals surface area contributed by atoms with Gasteiger partial charge < -0.3 is 4.90 Å². The van der Waals surface area contributed by atoms with E-state index in [1.54, 1.807) is 12.4 Å². The third-order valence-corrected chi connectivity index (χ3v) is 7.32. The van der Waals surface area contributed by atoms with Crippen LogP contribution < -0.4 is 4.90 Å². The van der Waals surface area contributed by atoms with Gasteiger partial charge in [-0.25, -0.2) is 15.0 Å². The van der Waals surface area contributed by atoms with Gasteiger partial charge in [-0.3, -0.25) is 19.5 Å². The van der Waals surface area contributed by atoms with E-state index in [9.17, 15) is 9.59 Å². The molecule has 2 aromatic heterocycles. The number of aryl methyl sites for hydroxylation is 2. The minimum absolute atomic E-state index is 0.122. The molecular formula is C25H32N6O2. The van der Waals surface area contributed by atoms with Crippen LogP contribution in [0.3, 0.4) is 0 Å². The molecule has 1 aliphatic carbocycles. The number of nitrogens with zero attached hydrogens (tertiary/aromatic N) is 6. The lowest BCUT2D eigenvalue weighted by atomic mass is 9.89. The lowest BCUT2D eigenvalue weighted by Crippen LogP contribution is -2.40. The Kier molecular flexibility index (Phi) is 6.08. The summed E-state index contributed by atoms with van der Waals surface area (Å²) in [5.74, 6) is 1.94. The van der Waals surface area contributed by atoms with Crippen molar-refractivity contribution in [3.05, 3.63) is 40.9 Å². The Morgan fingerprint density at radius 1 is 1.00 bits per heavy atom. The van der Waals surface area contributed by atoms with E-state index in [2.05, 4.69) is 9.97 Å². The van der Waals surface area contributed by atoms with Crippen LogP contribution in [0.15, 0.2) is 12.4 Å². The molecule has 3 aliphatic rings. The van der Waals surface area contributed by atoms with E-state index in [-0.39, 0.29) is 17.9 Å². The van der Waals surface area contributed by atoms with Gasteiger partial charge in [0.2, 0.25) is 5.91 Å². The second-order valence-corrected chi connectivity index (χ2v) is 9.71. The number of fused-ring (bicyclic) bond motifs is 1. The van der Waals surface area contributed by atoms with Crippen molar-refractivity contribution in [1.29, 1.82) is 0 Å². The number of carbonyl (C=O) groups excluding carboxylic acids is 2. The smallest absolute Gasteiger partial charge is 0.274 e. The predicted molar refractivity (Wildman–Crippen MR) is 124 cm³/mol. The van der Waals surface area contributed by atoms with E-state index in [1.807, 2.05) is 23.6 Å². The molecule has 1 atom stereocenters. The monoisotopic (exact) mass is 448 g/mol. The highest BCUT2D eigenvalue weighted by Gasteiger charge is 2.36. The van der Waals surface area contributed by atoms with Crippen molar-refractivity contribution in [1.82, 2.24) is 24.8 Å². The number of carbonyl (C=O) groups is 2. The Labute approximate surface area is 194 Å². The highest BCUT2D eigenvalue weighted by Crippen LogP contribution is 2.36. The molecule has 33 heavy (non-hydrogen) atoms. The maximum atomic E-state index is 13.3. The molecule has 8 heteroatoms. The van der Waals surface area contributed by atoms with Crippen LogP contribution in [0.5, 0.6) is 0 Å². The van der Waals surface area contributed by atoms with Gasteiger partial charge in [-0.1, -0.05) is 19.3 Å². The Balaban J connectivity index is 1.44. The third kappa shape index (κ3) is 4.35. The van der Waals surface area contributed by atoms with Gasteiger partial charge in [0, 0.05) is 30.5 Å². The van der Waals surface area contributed by atoms with Crippen LogP contribution in [-0.4, -0.2) is 49.7 Å². The zero-order valence-corrected chi connectivity index (χ0v) is 19.6. The van der Waals surface area contributed by atoms with Crippen molar-refractivity contribution in [2.24, 2.45) is 5.92 Å². The van der Waals surface area contributed by atoms with Crippen LogP contribution in [0, 0.1) is 19.8 Å². The number of anilines is 1. The fourth-order valence-electron chi connectivity index (χ4n) is 5.46. The van der Waals surface area contributed by atoms with Gasteiger partial charge in [0.1, 0.15) is 11.5 Å². The third-order valence-electron chi connectivity index (χ3n) is 7.32. The molecule has 2 aromatic rings. The number of hydrogen-bond acceptors (Lipinski definition) is 6. The molecule has 2 fully saturated rings. The quantitative estimate of drug-likeness (QED) is 0.708. The fourth-order valence-corrected chi connectivity index (χ4v) is 5.46. The summed E-state index contributed by atoms with van der Waals surface area (Å²) in [7, 11) is 0. The van der Waals surface area contributed by atoms with Gasteiger partial charge in [-0.05, 0) is 51.9 Å². The summed E-state index contributed by atoms with van der Waals surface area (Å²) in [6.07, 6.45) is 12.4. The minimum Gasteiger partial charge on any atom is -0.327 e. The van der Waals surface area contributed by atoms with Gasteiger partial charge in [0.15, 0.2) is 5.82 Å². The van der Waals surface area contributed by atoms with Crippen molar-refractivity contribution in [2.75, 3.05) is 18.0 Å². The summed E-state index contributed by atoms with van der Waals surface area (Å²) >= 11 is 0. The lowest BCUT2D eigenvalue weighted by molar-refractivity contribution is -0.117. The summed E-state index contributed by atoms with van der Waals surface area (Å²) in [6.45, 7) is 5.20. The summed E-state index contributed by atoms with van der Waals surface area (Å²) in [4.78, 5) is 48.2. The molecule has 1 saturated carbocycles. The Bertz CT molecular complexity index is 1050. The molecule has 0 unspecified atom stereocenters. The number of amides is 2. The maximum Gasteiger partial charge on any atom is 0.274 e. The highest BCUT2D eigenvalue weighted by molar-refractivity contribution is 6.00. The zero-order chi connectivity index (χ0) is 22.9. The van der Waals surface area contributed by atoms with Crippen molar-refractivity contribution in [2.45, 2.75) is 77.7 Å². The molecule has 2 amide bonds. The molecule has 2 aliphatic heterocycles.